The molecule has 0 radical (unpaired) electrons. The van der Waals surface area contributed by atoms with Crippen LogP contribution in [0.15, 0.2) is 60.9 Å². The number of hydrogen-bond acceptors (Lipinski definition) is 1. The molecule has 2 nitrogen and oxygen atoms in total. The predicted molar refractivity (Wildman–Crippen MR) is 92.5 cm³/mol. The zero-order chi connectivity index (χ0) is 15.1. The molecule has 0 N–H and O–H groups in total. The number of aryl methyl sites for hydroxylation is 1. The van der Waals surface area contributed by atoms with Crippen LogP contribution in [0.1, 0.15) is 11.1 Å². The molecule has 0 bridgehead atoms. The minimum atomic E-state index is 0.769. The summed E-state index contributed by atoms with van der Waals surface area (Å²) >= 11 is 5.98. The Hall–Kier alpha value is -2.32. The van der Waals surface area contributed by atoms with Crippen molar-refractivity contribution in [1.82, 2.24) is 9.55 Å². The average Bonchev–Trinajstić information content (AvgIpc) is 2.84. The van der Waals surface area contributed by atoms with E-state index in [2.05, 4.69) is 53.0 Å². The Kier molecular flexibility index (Phi) is 3.12. The normalized spacial score (nSPS) is 11.4. The first-order chi connectivity index (χ1) is 10.7. The van der Waals surface area contributed by atoms with Gasteiger partial charge in [0.05, 0.1) is 11.7 Å². The van der Waals surface area contributed by atoms with Crippen molar-refractivity contribution in [2.45, 2.75) is 6.42 Å². The minimum Gasteiger partial charge on any atom is -0.342 e. The third kappa shape index (κ3) is 2.08. The van der Waals surface area contributed by atoms with Gasteiger partial charge in [0, 0.05) is 34.6 Å². The van der Waals surface area contributed by atoms with Crippen LogP contribution < -0.4 is 0 Å². The number of aromatic nitrogens is 2. The second kappa shape index (κ2) is 5.15. The van der Waals surface area contributed by atoms with E-state index in [9.17, 15) is 0 Å². The first-order valence-corrected chi connectivity index (χ1v) is 7.66. The molecular formula is C19H15ClN2. The number of pyridine rings is 1. The number of nitrogens with zero attached hydrogens (tertiary/aromatic N) is 2. The summed E-state index contributed by atoms with van der Waals surface area (Å²) in [5.41, 5.74) is 4.90. The highest BCUT2D eigenvalue weighted by Crippen LogP contribution is 2.31. The Balaban J connectivity index is 1.94. The van der Waals surface area contributed by atoms with Crippen LogP contribution in [0.3, 0.4) is 0 Å². The molecule has 2 aromatic carbocycles. The van der Waals surface area contributed by atoms with Crippen LogP contribution in [0.5, 0.6) is 0 Å². The smallest absolute Gasteiger partial charge is 0.0678 e. The van der Waals surface area contributed by atoms with Crippen LogP contribution in [0.4, 0.5) is 0 Å². The second-order valence-electron chi connectivity index (χ2n) is 5.57. The van der Waals surface area contributed by atoms with Crippen molar-refractivity contribution >= 4 is 33.4 Å². The molecule has 0 aliphatic rings. The largest absolute Gasteiger partial charge is 0.342 e. The predicted octanol–water partition coefficient (Wildman–Crippen LogP) is 4.97. The summed E-state index contributed by atoms with van der Waals surface area (Å²) in [6.45, 7) is 0. The van der Waals surface area contributed by atoms with E-state index in [1.54, 1.807) is 0 Å². The molecule has 3 heteroatoms. The fraction of sp³-hybridized carbons (Fsp3) is 0.105. The van der Waals surface area contributed by atoms with Gasteiger partial charge in [0.2, 0.25) is 0 Å². The third-order valence-electron chi connectivity index (χ3n) is 4.21. The van der Waals surface area contributed by atoms with Gasteiger partial charge in [-0.25, -0.2) is 0 Å². The molecule has 0 fully saturated rings. The number of para-hydroxylation sites is 1. The van der Waals surface area contributed by atoms with Crippen LogP contribution in [-0.2, 0) is 13.5 Å². The number of benzene rings is 2. The van der Waals surface area contributed by atoms with Gasteiger partial charge < -0.3 is 4.57 Å². The van der Waals surface area contributed by atoms with Crippen molar-refractivity contribution in [3.8, 4) is 0 Å². The molecule has 0 saturated carbocycles. The molecule has 22 heavy (non-hydrogen) atoms. The van der Waals surface area contributed by atoms with Gasteiger partial charge in [-0.05, 0) is 35.7 Å². The summed E-state index contributed by atoms with van der Waals surface area (Å²) in [5.74, 6) is 0. The van der Waals surface area contributed by atoms with Crippen LogP contribution in [0, 0.1) is 0 Å². The van der Waals surface area contributed by atoms with Gasteiger partial charge >= 0.3 is 0 Å². The summed E-state index contributed by atoms with van der Waals surface area (Å²) in [5, 5.41) is 3.35. The zero-order valence-electron chi connectivity index (χ0n) is 12.3. The zero-order valence-corrected chi connectivity index (χ0v) is 13.0. The topological polar surface area (TPSA) is 17.8 Å². The Morgan fingerprint density at radius 2 is 1.73 bits per heavy atom. The van der Waals surface area contributed by atoms with E-state index in [1.165, 1.54) is 32.9 Å². The standard InChI is InChI=1S/C19H15ClN2/c1-22-17-5-3-2-4-16(17)19-14(11-21-12-18(19)22)10-13-6-8-15(20)9-7-13/h2-9,11-12H,10H2,1H3. The number of halogens is 1. The summed E-state index contributed by atoms with van der Waals surface area (Å²) in [7, 11) is 2.10. The fourth-order valence-electron chi connectivity index (χ4n) is 3.12. The summed E-state index contributed by atoms with van der Waals surface area (Å²) in [4.78, 5) is 4.44. The number of fused-ring (bicyclic) bond motifs is 3. The molecule has 0 saturated heterocycles. The lowest BCUT2D eigenvalue weighted by atomic mass is 10.0. The minimum absolute atomic E-state index is 0.769. The SMILES string of the molecule is Cn1c2ccccc2c2c(Cc3ccc(Cl)cc3)cncc21. The highest BCUT2D eigenvalue weighted by Gasteiger charge is 2.12. The molecule has 0 unspecified atom stereocenters. The van der Waals surface area contributed by atoms with E-state index in [0.717, 1.165) is 11.4 Å². The van der Waals surface area contributed by atoms with Gasteiger partial charge in [-0.1, -0.05) is 41.9 Å². The summed E-state index contributed by atoms with van der Waals surface area (Å²) in [6.07, 6.45) is 4.78. The second-order valence-corrected chi connectivity index (χ2v) is 6.01. The molecule has 0 atom stereocenters. The van der Waals surface area contributed by atoms with E-state index >= 15 is 0 Å². The van der Waals surface area contributed by atoms with Crippen molar-refractivity contribution in [2.75, 3.05) is 0 Å². The molecule has 0 amide bonds. The maximum absolute atomic E-state index is 5.98. The van der Waals surface area contributed by atoms with Crippen molar-refractivity contribution in [3.05, 3.63) is 77.1 Å². The molecule has 2 heterocycles. The van der Waals surface area contributed by atoms with Crippen LogP contribution in [0.25, 0.3) is 21.8 Å². The van der Waals surface area contributed by atoms with Crippen molar-refractivity contribution in [2.24, 2.45) is 7.05 Å². The van der Waals surface area contributed by atoms with Crippen LogP contribution >= 0.6 is 11.6 Å². The summed E-state index contributed by atoms with van der Waals surface area (Å²) in [6, 6.07) is 16.5. The van der Waals surface area contributed by atoms with Crippen molar-refractivity contribution < 1.29 is 0 Å². The molecule has 2 aromatic heterocycles. The number of rotatable bonds is 2. The van der Waals surface area contributed by atoms with Gasteiger partial charge in [-0.2, -0.15) is 0 Å². The maximum Gasteiger partial charge on any atom is 0.0678 e. The van der Waals surface area contributed by atoms with Gasteiger partial charge in [0.25, 0.3) is 0 Å². The quantitative estimate of drug-likeness (QED) is 0.511. The van der Waals surface area contributed by atoms with Gasteiger partial charge in [0.1, 0.15) is 0 Å². The third-order valence-corrected chi connectivity index (χ3v) is 4.46. The molecule has 108 valence electrons. The lowest BCUT2D eigenvalue weighted by molar-refractivity contribution is 1.01. The summed E-state index contributed by atoms with van der Waals surface area (Å²) < 4.78 is 2.21. The highest BCUT2D eigenvalue weighted by atomic mass is 35.5. The Labute approximate surface area is 134 Å². The van der Waals surface area contributed by atoms with E-state index in [4.69, 9.17) is 11.6 Å². The molecular weight excluding hydrogens is 292 g/mol. The fourth-order valence-corrected chi connectivity index (χ4v) is 3.25. The first-order valence-electron chi connectivity index (χ1n) is 7.28. The van der Waals surface area contributed by atoms with Crippen LogP contribution in [0.2, 0.25) is 5.02 Å². The lowest BCUT2D eigenvalue weighted by Gasteiger charge is -2.05. The molecule has 0 aliphatic carbocycles. The average molecular weight is 307 g/mol. The molecule has 4 aromatic rings. The number of hydrogen-bond donors (Lipinski definition) is 0. The van der Waals surface area contributed by atoms with Gasteiger partial charge in [-0.3, -0.25) is 4.98 Å². The van der Waals surface area contributed by atoms with E-state index < -0.39 is 0 Å². The highest BCUT2D eigenvalue weighted by molar-refractivity contribution is 6.30. The Bertz CT molecular complexity index is 968. The Morgan fingerprint density at radius 3 is 2.55 bits per heavy atom. The lowest BCUT2D eigenvalue weighted by Crippen LogP contribution is -1.92. The van der Waals surface area contributed by atoms with Crippen molar-refractivity contribution in [1.29, 1.82) is 0 Å². The van der Waals surface area contributed by atoms with Gasteiger partial charge in [0.15, 0.2) is 0 Å². The van der Waals surface area contributed by atoms with Gasteiger partial charge in [-0.15, -0.1) is 0 Å². The molecule has 4 rings (SSSR count). The van der Waals surface area contributed by atoms with E-state index in [0.29, 0.717) is 0 Å². The van der Waals surface area contributed by atoms with E-state index in [-0.39, 0.29) is 0 Å². The first kappa shape index (κ1) is 13.4. The van der Waals surface area contributed by atoms with E-state index in [1.807, 2.05) is 24.5 Å². The maximum atomic E-state index is 5.98. The van der Waals surface area contributed by atoms with Crippen molar-refractivity contribution in [3.63, 3.8) is 0 Å². The van der Waals surface area contributed by atoms with Crippen LogP contribution in [-0.4, -0.2) is 9.55 Å². The Morgan fingerprint density at radius 1 is 0.955 bits per heavy atom. The molecule has 0 spiro atoms. The monoisotopic (exact) mass is 306 g/mol. The molecule has 0 aliphatic heterocycles.